The second kappa shape index (κ2) is 3.89. The summed E-state index contributed by atoms with van der Waals surface area (Å²) in [6, 6.07) is 4.82. The molecule has 0 aliphatic heterocycles. The molecule has 13 heavy (non-hydrogen) atoms. The number of carbonyl (C=O) groups excluding carboxylic acids is 1. The molecule has 1 rings (SSSR count). The fraction of sp³-hybridized carbons (Fsp3) is 0.222. The quantitative estimate of drug-likeness (QED) is 0.662. The predicted octanol–water partition coefficient (Wildman–Crippen LogP) is 2.47. The van der Waals surface area contributed by atoms with E-state index in [1.54, 1.807) is 12.1 Å². The van der Waals surface area contributed by atoms with Gasteiger partial charge in [-0.1, -0.05) is 6.07 Å². The van der Waals surface area contributed by atoms with Crippen molar-refractivity contribution in [1.29, 1.82) is 0 Å². The number of hydrogen-bond donors (Lipinski definition) is 0. The number of ether oxygens (including phenoxy) is 2. The molecule has 0 saturated carbocycles. The Morgan fingerprint density at radius 2 is 2.08 bits per heavy atom. The van der Waals surface area contributed by atoms with Crippen molar-refractivity contribution in [2.75, 3.05) is 7.11 Å². The van der Waals surface area contributed by atoms with Gasteiger partial charge in [-0.05, 0) is 24.6 Å². The molecule has 0 fully saturated rings. The van der Waals surface area contributed by atoms with E-state index < -0.39 is 6.22 Å². The third-order valence-electron chi connectivity index (χ3n) is 1.51. The molecule has 3 nitrogen and oxygen atoms in total. The van der Waals surface area contributed by atoms with Crippen molar-refractivity contribution in [3.8, 4) is 11.5 Å². The number of aryl methyl sites for hydroxylation is 1. The van der Waals surface area contributed by atoms with Gasteiger partial charge in [-0.3, -0.25) is 0 Å². The van der Waals surface area contributed by atoms with Crippen LogP contribution in [0.5, 0.6) is 11.5 Å². The molecule has 0 radical (unpaired) electrons. The van der Waals surface area contributed by atoms with Gasteiger partial charge in [0.1, 0.15) is 0 Å². The topological polar surface area (TPSA) is 35.5 Å². The summed E-state index contributed by atoms with van der Waals surface area (Å²) in [4.78, 5) is 10.0. The Morgan fingerprint density at radius 1 is 1.38 bits per heavy atom. The van der Waals surface area contributed by atoms with Gasteiger partial charge in [-0.25, -0.2) is 4.79 Å². The highest BCUT2D eigenvalue weighted by Crippen LogP contribution is 2.27. The smallest absolute Gasteiger partial charge is 0.493 e. The molecule has 0 saturated heterocycles. The van der Waals surface area contributed by atoms with Crippen LogP contribution in [0.4, 0.5) is 9.18 Å². The number of benzene rings is 1. The standard InChI is InChI=1S/C9H9FO3/c1-6-3-4-7(13-9(10)11)8(5-6)12-2/h3-5H,1-2H3. The average molecular weight is 184 g/mol. The molecule has 0 N–H and O–H groups in total. The monoisotopic (exact) mass is 184 g/mol. The summed E-state index contributed by atoms with van der Waals surface area (Å²) in [7, 11) is 1.42. The maximum atomic E-state index is 11.9. The van der Waals surface area contributed by atoms with E-state index in [1.807, 2.05) is 6.92 Å². The molecule has 0 unspecified atom stereocenters. The lowest BCUT2D eigenvalue weighted by Crippen LogP contribution is -1.99. The van der Waals surface area contributed by atoms with Crippen molar-refractivity contribution in [1.82, 2.24) is 0 Å². The van der Waals surface area contributed by atoms with E-state index in [4.69, 9.17) is 4.74 Å². The normalized spacial score (nSPS) is 9.46. The molecule has 0 atom stereocenters. The maximum absolute atomic E-state index is 11.9. The van der Waals surface area contributed by atoms with Gasteiger partial charge in [0, 0.05) is 0 Å². The van der Waals surface area contributed by atoms with Crippen molar-refractivity contribution in [3.05, 3.63) is 23.8 Å². The molecular formula is C9H9FO3. The highest BCUT2D eigenvalue weighted by atomic mass is 19.1. The zero-order valence-electron chi connectivity index (χ0n) is 7.33. The molecule has 70 valence electrons. The molecule has 0 bridgehead atoms. The van der Waals surface area contributed by atoms with Crippen LogP contribution < -0.4 is 9.47 Å². The number of halogens is 1. The van der Waals surface area contributed by atoms with Gasteiger partial charge in [0.15, 0.2) is 11.5 Å². The molecule has 4 heteroatoms. The van der Waals surface area contributed by atoms with E-state index in [0.29, 0.717) is 5.75 Å². The minimum atomic E-state index is -1.85. The van der Waals surface area contributed by atoms with Gasteiger partial charge in [-0.2, -0.15) is 0 Å². The summed E-state index contributed by atoms with van der Waals surface area (Å²) in [6.07, 6.45) is -1.85. The Balaban J connectivity index is 2.99. The van der Waals surface area contributed by atoms with Crippen LogP contribution in [0.3, 0.4) is 0 Å². The van der Waals surface area contributed by atoms with E-state index >= 15 is 0 Å². The van der Waals surface area contributed by atoms with Crippen LogP contribution in [0.25, 0.3) is 0 Å². The Bertz CT molecular complexity index is 323. The molecule has 1 aromatic carbocycles. The van der Waals surface area contributed by atoms with Crippen LogP contribution in [0.2, 0.25) is 0 Å². The van der Waals surface area contributed by atoms with Gasteiger partial charge in [-0.15, -0.1) is 4.39 Å². The number of hydrogen-bond acceptors (Lipinski definition) is 3. The van der Waals surface area contributed by atoms with Gasteiger partial charge in [0.05, 0.1) is 7.11 Å². The second-order valence-corrected chi connectivity index (χ2v) is 2.49. The van der Waals surface area contributed by atoms with Crippen molar-refractivity contribution in [3.63, 3.8) is 0 Å². The lowest BCUT2D eigenvalue weighted by molar-refractivity contribution is 0.173. The zero-order valence-corrected chi connectivity index (χ0v) is 7.33. The van der Waals surface area contributed by atoms with Crippen LogP contribution in [-0.2, 0) is 0 Å². The predicted molar refractivity (Wildman–Crippen MR) is 44.9 cm³/mol. The summed E-state index contributed by atoms with van der Waals surface area (Å²) in [5, 5.41) is 0. The lowest BCUT2D eigenvalue weighted by atomic mass is 10.2. The van der Waals surface area contributed by atoms with Crippen LogP contribution in [0.1, 0.15) is 5.56 Å². The number of rotatable bonds is 2. The molecule has 0 spiro atoms. The van der Waals surface area contributed by atoms with Crippen molar-refractivity contribution in [2.45, 2.75) is 6.92 Å². The van der Waals surface area contributed by atoms with E-state index in [1.165, 1.54) is 13.2 Å². The summed E-state index contributed by atoms with van der Waals surface area (Å²) in [5.41, 5.74) is 0.940. The molecular weight excluding hydrogens is 175 g/mol. The van der Waals surface area contributed by atoms with E-state index in [9.17, 15) is 9.18 Å². The molecule has 1 aromatic rings. The molecule has 0 amide bonds. The zero-order chi connectivity index (χ0) is 9.84. The van der Waals surface area contributed by atoms with E-state index in [0.717, 1.165) is 5.56 Å². The second-order valence-electron chi connectivity index (χ2n) is 2.49. The number of methoxy groups -OCH3 is 1. The third kappa shape index (κ3) is 2.43. The molecule has 0 aliphatic carbocycles. The van der Waals surface area contributed by atoms with E-state index in [-0.39, 0.29) is 5.75 Å². The fourth-order valence-electron chi connectivity index (χ4n) is 0.946. The first-order valence-electron chi connectivity index (χ1n) is 3.65. The minimum Gasteiger partial charge on any atom is -0.493 e. The number of carbonyl (C=O) groups is 1. The molecule has 0 aliphatic rings. The van der Waals surface area contributed by atoms with Crippen molar-refractivity contribution < 1.29 is 18.7 Å². The van der Waals surface area contributed by atoms with Crippen molar-refractivity contribution in [2.24, 2.45) is 0 Å². The molecule has 0 heterocycles. The van der Waals surface area contributed by atoms with Crippen molar-refractivity contribution >= 4 is 6.22 Å². The Hall–Kier alpha value is -1.58. The maximum Gasteiger partial charge on any atom is 0.501 e. The van der Waals surface area contributed by atoms with E-state index in [2.05, 4.69) is 4.74 Å². The Labute approximate surface area is 75.1 Å². The highest BCUT2D eigenvalue weighted by molar-refractivity contribution is 5.64. The minimum absolute atomic E-state index is 0.0839. The summed E-state index contributed by atoms with van der Waals surface area (Å²) >= 11 is 0. The fourth-order valence-corrected chi connectivity index (χ4v) is 0.946. The molecule has 0 aromatic heterocycles. The van der Waals surface area contributed by atoms with Gasteiger partial charge in [0.25, 0.3) is 0 Å². The van der Waals surface area contributed by atoms with Gasteiger partial charge >= 0.3 is 6.22 Å². The summed E-state index contributed by atoms with van der Waals surface area (Å²) < 4.78 is 21.0. The van der Waals surface area contributed by atoms with Gasteiger partial charge in [0.2, 0.25) is 0 Å². The summed E-state index contributed by atoms with van der Waals surface area (Å²) in [5.74, 6) is 0.423. The van der Waals surface area contributed by atoms with Gasteiger partial charge < -0.3 is 9.47 Å². The first-order chi connectivity index (χ1) is 6.13. The first kappa shape index (κ1) is 9.51. The Kier molecular flexibility index (Phi) is 2.84. The average Bonchev–Trinajstić information content (AvgIpc) is 2.07. The first-order valence-corrected chi connectivity index (χ1v) is 3.65. The van der Waals surface area contributed by atoms with Crippen LogP contribution in [0, 0.1) is 6.92 Å². The third-order valence-corrected chi connectivity index (χ3v) is 1.51. The van der Waals surface area contributed by atoms with Crippen LogP contribution in [-0.4, -0.2) is 13.3 Å². The van der Waals surface area contributed by atoms with Crippen LogP contribution >= 0.6 is 0 Å². The largest absolute Gasteiger partial charge is 0.501 e. The SMILES string of the molecule is COc1cc(C)ccc1OC(=O)F. The highest BCUT2D eigenvalue weighted by Gasteiger charge is 2.08. The van der Waals surface area contributed by atoms with Crippen LogP contribution in [0.15, 0.2) is 18.2 Å². The Morgan fingerprint density at radius 3 is 2.62 bits per heavy atom. The summed E-state index contributed by atoms with van der Waals surface area (Å²) in [6.45, 7) is 1.85. The lowest BCUT2D eigenvalue weighted by Gasteiger charge is -2.06.